The second-order valence-electron chi connectivity index (χ2n) is 7.76. The van der Waals surface area contributed by atoms with Gasteiger partial charge in [-0.25, -0.2) is 0 Å². The summed E-state index contributed by atoms with van der Waals surface area (Å²) in [5.41, 5.74) is 5.47. The van der Waals surface area contributed by atoms with E-state index in [0.29, 0.717) is 5.92 Å². The first-order valence-corrected chi connectivity index (χ1v) is 10.8. The maximum absolute atomic E-state index is 5.91. The van der Waals surface area contributed by atoms with Gasteiger partial charge in [-0.3, -0.25) is 0 Å². The third-order valence-electron chi connectivity index (χ3n) is 6.00. The molecule has 0 bridgehead atoms. The molecule has 0 aliphatic carbocycles. The summed E-state index contributed by atoms with van der Waals surface area (Å²) in [5.74, 6) is 1.37. The van der Waals surface area contributed by atoms with Gasteiger partial charge in [0.05, 0.1) is 25.0 Å². The lowest BCUT2D eigenvalue weighted by Crippen LogP contribution is -2.37. The van der Waals surface area contributed by atoms with Gasteiger partial charge < -0.3 is 19.3 Å². The van der Waals surface area contributed by atoms with Crippen molar-refractivity contribution in [2.24, 2.45) is 0 Å². The van der Waals surface area contributed by atoms with Crippen LogP contribution in [-0.4, -0.2) is 51.9 Å². The van der Waals surface area contributed by atoms with Crippen LogP contribution in [0.1, 0.15) is 22.6 Å². The van der Waals surface area contributed by atoms with Crippen LogP contribution < -0.4 is 9.64 Å². The second-order valence-corrected chi connectivity index (χ2v) is 8.67. The van der Waals surface area contributed by atoms with Crippen LogP contribution in [0, 0.1) is 0 Å². The first-order chi connectivity index (χ1) is 13.7. The molecule has 28 heavy (non-hydrogen) atoms. The van der Waals surface area contributed by atoms with Gasteiger partial charge in [-0.2, -0.15) is 0 Å². The molecule has 1 aromatic heterocycles. The molecule has 2 aliphatic rings. The number of anilines is 1. The molecule has 3 heterocycles. The predicted octanol–water partition coefficient (Wildman–Crippen LogP) is 4.32. The van der Waals surface area contributed by atoms with Gasteiger partial charge in [0, 0.05) is 43.3 Å². The summed E-state index contributed by atoms with van der Waals surface area (Å²) in [4.78, 5) is 4.86. The summed E-state index contributed by atoms with van der Waals surface area (Å²) < 4.78 is 12.7. The summed E-state index contributed by atoms with van der Waals surface area (Å²) in [6.45, 7) is 5.59. The molecule has 1 fully saturated rings. The summed E-state index contributed by atoms with van der Waals surface area (Å²) in [7, 11) is 4.01. The Bertz CT molecular complexity index is 993. The van der Waals surface area contributed by atoms with E-state index in [4.69, 9.17) is 9.47 Å². The third kappa shape index (κ3) is 3.08. The zero-order valence-corrected chi connectivity index (χ0v) is 17.3. The summed E-state index contributed by atoms with van der Waals surface area (Å²) >= 11 is 1.76. The largest absolute Gasteiger partial charge is 0.495 e. The highest BCUT2D eigenvalue weighted by molar-refractivity contribution is 7.17. The molecular formula is C23H26N2O2S. The number of hydrogen-bond donors (Lipinski definition) is 0. The smallest absolute Gasteiger partial charge is 0.140 e. The highest BCUT2D eigenvalue weighted by Gasteiger charge is 2.28. The van der Waals surface area contributed by atoms with Crippen LogP contribution in [0.2, 0.25) is 0 Å². The molecule has 1 saturated heterocycles. The SMILES string of the molecule is COc1c(C2CN(C)Cc3cc(N4CCOCC4)ccc32)ccc2ccsc12. The Morgan fingerprint density at radius 2 is 1.89 bits per heavy atom. The molecule has 0 N–H and O–H groups in total. The van der Waals surface area contributed by atoms with E-state index >= 15 is 0 Å². The minimum Gasteiger partial charge on any atom is -0.495 e. The lowest BCUT2D eigenvalue weighted by atomic mass is 9.84. The van der Waals surface area contributed by atoms with Gasteiger partial charge in [-0.05, 0) is 47.1 Å². The molecular weight excluding hydrogens is 368 g/mol. The van der Waals surface area contributed by atoms with Gasteiger partial charge in [0.2, 0.25) is 0 Å². The Balaban J connectivity index is 1.57. The topological polar surface area (TPSA) is 24.9 Å². The summed E-state index contributed by atoms with van der Waals surface area (Å²) in [5, 5.41) is 3.41. The minimum absolute atomic E-state index is 0.328. The van der Waals surface area contributed by atoms with E-state index < -0.39 is 0 Å². The maximum atomic E-state index is 5.91. The molecule has 0 spiro atoms. The quantitative estimate of drug-likeness (QED) is 0.660. The maximum Gasteiger partial charge on any atom is 0.140 e. The second kappa shape index (κ2) is 7.39. The van der Waals surface area contributed by atoms with Crippen molar-refractivity contribution in [3.05, 3.63) is 58.5 Å². The van der Waals surface area contributed by atoms with E-state index in [1.54, 1.807) is 18.4 Å². The standard InChI is InChI=1S/C23H26N2O2S/c1-24-14-17-13-18(25-8-10-27-11-9-25)4-6-19(17)21(15-24)20-5-3-16-7-12-28-23(16)22(20)26-2/h3-7,12-13,21H,8-11,14-15H2,1-2H3. The van der Waals surface area contributed by atoms with Gasteiger partial charge in [0.25, 0.3) is 0 Å². The van der Waals surface area contributed by atoms with Crippen LogP contribution in [0.4, 0.5) is 5.69 Å². The predicted molar refractivity (Wildman–Crippen MR) is 116 cm³/mol. The normalized spacial score (nSPS) is 20.4. The highest BCUT2D eigenvalue weighted by Crippen LogP contribution is 2.43. The average molecular weight is 395 g/mol. The molecule has 146 valence electrons. The van der Waals surface area contributed by atoms with Crippen molar-refractivity contribution in [3.8, 4) is 5.75 Å². The van der Waals surface area contributed by atoms with Crippen LogP contribution in [-0.2, 0) is 11.3 Å². The number of methoxy groups -OCH3 is 1. The molecule has 2 aromatic carbocycles. The summed E-state index contributed by atoms with van der Waals surface area (Å²) in [6, 6.07) is 13.7. The Kier molecular flexibility index (Phi) is 4.75. The Morgan fingerprint density at radius 3 is 2.71 bits per heavy atom. The van der Waals surface area contributed by atoms with Crippen molar-refractivity contribution in [2.75, 3.05) is 51.9 Å². The number of thiophene rings is 1. The lowest BCUT2D eigenvalue weighted by molar-refractivity contribution is 0.122. The van der Waals surface area contributed by atoms with Crippen molar-refractivity contribution in [1.82, 2.24) is 4.90 Å². The molecule has 2 aliphatic heterocycles. The molecule has 5 rings (SSSR count). The third-order valence-corrected chi connectivity index (χ3v) is 6.93. The fraction of sp³-hybridized carbons (Fsp3) is 0.391. The number of morpholine rings is 1. The monoisotopic (exact) mass is 394 g/mol. The van der Waals surface area contributed by atoms with E-state index in [1.807, 2.05) is 0 Å². The Morgan fingerprint density at radius 1 is 1.07 bits per heavy atom. The van der Waals surface area contributed by atoms with Crippen molar-refractivity contribution < 1.29 is 9.47 Å². The first kappa shape index (κ1) is 18.0. The number of fused-ring (bicyclic) bond motifs is 2. The molecule has 1 unspecified atom stereocenters. The van der Waals surface area contributed by atoms with E-state index in [-0.39, 0.29) is 0 Å². The fourth-order valence-electron chi connectivity index (χ4n) is 4.62. The van der Waals surface area contributed by atoms with E-state index in [9.17, 15) is 0 Å². The van der Waals surface area contributed by atoms with E-state index in [1.165, 1.54) is 32.5 Å². The van der Waals surface area contributed by atoms with Gasteiger partial charge in [-0.15, -0.1) is 11.3 Å². The number of rotatable bonds is 3. The number of hydrogen-bond acceptors (Lipinski definition) is 5. The van der Waals surface area contributed by atoms with Gasteiger partial charge in [0.15, 0.2) is 0 Å². The molecule has 0 amide bonds. The molecule has 0 saturated carbocycles. The molecule has 0 radical (unpaired) electrons. The zero-order chi connectivity index (χ0) is 19.1. The zero-order valence-electron chi connectivity index (χ0n) is 16.5. The minimum atomic E-state index is 0.328. The van der Waals surface area contributed by atoms with Crippen LogP contribution in [0.15, 0.2) is 41.8 Å². The van der Waals surface area contributed by atoms with Gasteiger partial charge in [0.1, 0.15) is 5.75 Å². The van der Waals surface area contributed by atoms with Crippen LogP contribution in [0.3, 0.4) is 0 Å². The first-order valence-electron chi connectivity index (χ1n) is 9.93. The summed E-state index contributed by atoms with van der Waals surface area (Å²) in [6.07, 6.45) is 0. The van der Waals surface area contributed by atoms with Gasteiger partial charge >= 0.3 is 0 Å². The highest BCUT2D eigenvalue weighted by atomic mass is 32.1. The van der Waals surface area contributed by atoms with Crippen molar-refractivity contribution in [1.29, 1.82) is 0 Å². The fourth-order valence-corrected chi connectivity index (χ4v) is 5.56. The Hall–Kier alpha value is -2.08. The van der Waals surface area contributed by atoms with E-state index in [0.717, 1.165) is 45.1 Å². The number of benzene rings is 2. The number of likely N-dealkylation sites (N-methyl/N-ethyl adjacent to an activating group) is 1. The molecule has 4 nitrogen and oxygen atoms in total. The average Bonchev–Trinajstić information content (AvgIpc) is 3.21. The Labute approximate surface area is 170 Å². The van der Waals surface area contributed by atoms with E-state index in [2.05, 4.69) is 58.6 Å². The van der Waals surface area contributed by atoms with Gasteiger partial charge in [-0.1, -0.05) is 18.2 Å². The molecule has 5 heteroatoms. The van der Waals surface area contributed by atoms with Crippen molar-refractivity contribution in [2.45, 2.75) is 12.5 Å². The molecule has 3 aromatic rings. The van der Waals surface area contributed by atoms with Crippen LogP contribution in [0.5, 0.6) is 5.75 Å². The number of ether oxygens (including phenoxy) is 2. The van der Waals surface area contributed by atoms with Crippen LogP contribution in [0.25, 0.3) is 10.1 Å². The van der Waals surface area contributed by atoms with Crippen molar-refractivity contribution in [3.63, 3.8) is 0 Å². The molecule has 1 atom stereocenters. The number of nitrogens with zero attached hydrogens (tertiary/aromatic N) is 2. The van der Waals surface area contributed by atoms with Crippen LogP contribution >= 0.6 is 11.3 Å². The van der Waals surface area contributed by atoms with Crippen molar-refractivity contribution >= 4 is 27.1 Å². The lowest BCUT2D eigenvalue weighted by Gasteiger charge is -2.35.